The van der Waals surface area contributed by atoms with Crippen molar-refractivity contribution in [3.8, 4) is 11.5 Å². The van der Waals surface area contributed by atoms with Crippen molar-refractivity contribution >= 4 is 16.9 Å². The molecule has 0 aliphatic rings. The number of amides is 1. The van der Waals surface area contributed by atoms with E-state index in [9.17, 15) is 19.8 Å². The molecule has 0 saturated carbocycles. The number of aromatic hydroxyl groups is 2. The van der Waals surface area contributed by atoms with Gasteiger partial charge in [-0.15, -0.1) is 0 Å². The SMILES string of the molecule is O=C(NCCc1ccc(O)c(O)c1)c1cc2ccccc2oc1=O. The molecule has 1 aromatic heterocycles. The Bertz CT molecular complexity index is 961. The molecule has 0 fully saturated rings. The van der Waals surface area contributed by atoms with Gasteiger partial charge < -0.3 is 19.9 Å². The van der Waals surface area contributed by atoms with Crippen molar-refractivity contribution in [3.63, 3.8) is 0 Å². The lowest BCUT2D eigenvalue weighted by atomic mass is 10.1. The average Bonchev–Trinajstić information content (AvgIpc) is 2.57. The second kappa shape index (κ2) is 6.45. The van der Waals surface area contributed by atoms with Crippen LogP contribution in [0, 0.1) is 0 Å². The van der Waals surface area contributed by atoms with E-state index >= 15 is 0 Å². The standard InChI is InChI=1S/C18H15NO5/c20-14-6-5-11(9-15(14)21)7-8-19-17(22)13-10-12-3-1-2-4-16(12)24-18(13)23/h1-6,9-10,20-21H,7-8H2,(H,19,22). The molecule has 6 heteroatoms. The van der Waals surface area contributed by atoms with Crippen molar-refractivity contribution in [1.29, 1.82) is 0 Å². The molecule has 0 spiro atoms. The molecular weight excluding hydrogens is 310 g/mol. The lowest BCUT2D eigenvalue weighted by Crippen LogP contribution is -2.29. The lowest BCUT2D eigenvalue weighted by Gasteiger charge is -2.06. The van der Waals surface area contributed by atoms with E-state index in [0.717, 1.165) is 5.56 Å². The summed E-state index contributed by atoms with van der Waals surface area (Å²) < 4.78 is 5.13. The molecule has 3 rings (SSSR count). The van der Waals surface area contributed by atoms with Crippen molar-refractivity contribution in [2.75, 3.05) is 6.54 Å². The quantitative estimate of drug-likeness (QED) is 0.504. The van der Waals surface area contributed by atoms with Gasteiger partial charge in [-0.2, -0.15) is 0 Å². The predicted molar refractivity (Wildman–Crippen MR) is 88.3 cm³/mol. The molecule has 122 valence electrons. The third-order valence-corrected chi connectivity index (χ3v) is 3.63. The maximum atomic E-state index is 12.2. The number of hydrogen-bond donors (Lipinski definition) is 3. The minimum absolute atomic E-state index is 0.0535. The van der Waals surface area contributed by atoms with Crippen LogP contribution in [0.1, 0.15) is 15.9 Å². The molecule has 0 bridgehead atoms. The summed E-state index contributed by atoms with van der Waals surface area (Å²) >= 11 is 0. The zero-order chi connectivity index (χ0) is 17.1. The van der Waals surface area contributed by atoms with E-state index < -0.39 is 11.5 Å². The zero-order valence-electron chi connectivity index (χ0n) is 12.7. The number of benzene rings is 2. The molecule has 0 radical (unpaired) electrons. The molecule has 0 unspecified atom stereocenters. The second-order valence-electron chi connectivity index (χ2n) is 5.31. The molecule has 0 aliphatic carbocycles. The fourth-order valence-electron chi connectivity index (χ4n) is 2.36. The maximum Gasteiger partial charge on any atom is 0.349 e. The monoisotopic (exact) mass is 325 g/mol. The van der Waals surface area contributed by atoms with Crippen LogP contribution >= 0.6 is 0 Å². The minimum atomic E-state index is -0.687. The number of carbonyl (C=O) groups excluding carboxylic acids is 1. The number of phenols is 2. The van der Waals surface area contributed by atoms with Crippen molar-refractivity contribution in [1.82, 2.24) is 5.32 Å². The summed E-state index contributed by atoms with van der Waals surface area (Å²) in [6, 6.07) is 12.9. The largest absolute Gasteiger partial charge is 0.504 e. The second-order valence-corrected chi connectivity index (χ2v) is 5.31. The van der Waals surface area contributed by atoms with Crippen LogP contribution in [0.5, 0.6) is 11.5 Å². The fraction of sp³-hybridized carbons (Fsp3) is 0.111. The van der Waals surface area contributed by atoms with E-state index in [1.165, 1.54) is 18.2 Å². The van der Waals surface area contributed by atoms with E-state index in [4.69, 9.17) is 4.42 Å². The molecule has 1 heterocycles. The summed E-state index contributed by atoms with van der Waals surface area (Å²) in [6.45, 7) is 0.273. The predicted octanol–water partition coefficient (Wildman–Crippen LogP) is 2.18. The number of phenolic OH excluding ortho intramolecular Hbond substituents is 2. The van der Waals surface area contributed by atoms with E-state index in [1.54, 1.807) is 30.3 Å². The fourth-order valence-corrected chi connectivity index (χ4v) is 2.36. The maximum absolute atomic E-state index is 12.2. The zero-order valence-corrected chi connectivity index (χ0v) is 12.7. The van der Waals surface area contributed by atoms with E-state index in [1.807, 2.05) is 0 Å². The summed E-state index contributed by atoms with van der Waals surface area (Å²) in [5.41, 5.74) is 0.436. The Morgan fingerprint density at radius 3 is 2.62 bits per heavy atom. The van der Waals surface area contributed by atoms with Crippen molar-refractivity contribution < 1.29 is 19.4 Å². The van der Waals surface area contributed by atoms with Gasteiger partial charge in [0.25, 0.3) is 5.91 Å². The summed E-state index contributed by atoms with van der Waals surface area (Å²) in [7, 11) is 0. The average molecular weight is 325 g/mol. The third-order valence-electron chi connectivity index (χ3n) is 3.63. The lowest BCUT2D eigenvalue weighted by molar-refractivity contribution is 0.0950. The van der Waals surface area contributed by atoms with Gasteiger partial charge in [0.1, 0.15) is 11.1 Å². The van der Waals surface area contributed by atoms with Crippen molar-refractivity contribution in [2.45, 2.75) is 6.42 Å². The van der Waals surface area contributed by atoms with Crippen LogP contribution in [0.15, 0.2) is 57.7 Å². The molecule has 3 aromatic rings. The summed E-state index contributed by atoms with van der Waals surface area (Å²) in [5.74, 6) is -0.928. The highest BCUT2D eigenvalue weighted by atomic mass is 16.4. The normalized spacial score (nSPS) is 10.7. The van der Waals surface area contributed by atoms with Gasteiger partial charge in [0, 0.05) is 11.9 Å². The van der Waals surface area contributed by atoms with Gasteiger partial charge in [0.2, 0.25) is 0 Å². The Kier molecular flexibility index (Phi) is 4.20. The highest BCUT2D eigenvalue weighted by molar-refractivity contribution is 5.96. The third kappa shape index (κ3) is 3.22. The Morgan fingerprint density at radius 2 is 1.83 bits per heavy atom. The molecule has 2 aromatic carbocycles. The van der Waals surface area contributed by atoms with Crippen molar-refractivity contribution in [3.05, 3.63) is 70.1 Å². The molecule has 1 amide bonds. The molecule has 0 aliphatic heterocycles. The smallest absolute Gasteiger partial charge is 0.349 e. The number of nitrogens with one attached hydrogen (secondary N) is 1. The molecule has 6 nitrogen and oxygen atoms in total. The first-order chi connectivity index (χ1) is 11.5. The first kappa shape index (κ1) is 15.6. The topological polar surface area (TPSA) is 99.8 Å². The van der Waals surface area contributed by atoms with Gasteiger partial charge in [-0.3, -0.25) is 4.79 Å². The molecule has 0 saturated heterocycles. The van der Waals surface area contributed by atoms with Crippen LogP contribution in [-0.2, 0) is 6.42 Å². The number of rotatable bonds is 4. The van der Waals surface area contributed by atoms with Crippen LogP contribution in [0.2, 0.25) is 0 Å². The van der Waals surface area contributed by atoms with Gasteiger partial charge in [0.15, 0.2) is 11.5 Å². The summed E-state index contributed by atoms with van der Waals surface area (Å²) in [4.78, 5) is 24.1. The van der Waals surface area contributed by atoms with Crippen LogP contribution < -0.4 is 10.9 Å². The number of hydrogen-bond acceptors (Lipinski definition) is 5. The molecule has 24 heavy (non-hydrogen) atoms. The van der Waals surface area contributed by atoms with E-state index in [0.29, 0.717) is 17.4 Å². The van der Waals surface area contributed by atoms with Gasteiger partial charge in [0.05, 0.1) is 0 Å². The molecule has 0 atom stereocenters. The summed E-state index contributed by atoms with van der Waals surface area (Å²) in [6.07, 6.45) is 0.443. The Morgan fingerprint density at radius 1 is 1.04 bits per heavy atom. The van der Waals surface area contributed by atoms with Crippen LogP contribution in [0.4, 0.5) is 0 Å². The van der Waals surface area contributed by atoms with Crippen LogP contribution in [0.25, 0.3) is 11.0 Å². The highest BCUT2D eigenvalue weighted by Crippen LogP contribution is 2.24. The highest BCUT2D eigenvalue weighted by Gasteiger charge is 2.13. The van der Waals surface area contributed by atoms with Crippen molar-refractivity contribution in [2.24, 2.45) is 0 Å². The van der Waals surface area contributed by atoms with Crippen LogP contribution in [-0.4, -0.2) is 22.7 Å². The molecular formula is C18H15NO5. The Hall–Kier alpha value is -3.28. The van der Waals surface area contributed by atoms with E-state index in [2.05, 4.69) is 5.32 Å². The van der Waals surface area contributed by atoms with Gasteiger partial charge in [-0.25, -0.2) is 4.79 Å². The number of carbonyl (C=O) groups is 1. The first-order valence-corrected chi connectivity index (χ1v) is 7.36. The Balaban J connectivity index is 1.70. The Labute approximate surface area is 137 Å². The van der Waals surface area contributed by atoms with E-state index in [-0.39, 0.29) is 23.6 Å². The van der Waals surface area contributed by atoms with Gasteiger partial charge in [-0.05, 0) is 36.2 Å². The first-order valence-electron chi connectivity index (χ1n) is 7.36. The number of para-hydroxylation sites is 1. The minimum Gasteiger partial charge on any atom is -0.504 e. The van der Waals surface area contributed by atoms with Crippen LogP contribution in [0.3, 0.4) is 0 Å². The van der Waals surface area contributed by atoms with Gasteiger partial charge >= 0.3 is 5.63 Å². The van der Waals surface area contributed by atoms with Gasteiger partial charge in [-0.1, -0.05) is 24.3 Å². The summed E-state index contributed by atoms with van der Waals surface area (Å²) in [5, 5.41) is 22.0. The molecule has 3 N–H and O–H groups in total. The number of fused-ring (bicyclic) bond motifs is 1.